The molecule has 132 valence electrons. The molecule has 1 aliphatic rings. The molecule has 7 heteroatoms. The number of carbonyl (C=O) groups is 3. The van der Waals surface area contributed by atoms with Crippen LogP contribution in [0, 0.1) is 12.3 Å². The number of nitrogens with zero attached hydrogens (tertiary/aromatic N) is 1. The molecule has 0 bridgehead atoms. The highest BCUT2D eigenvalue weighted by atomic mass is 16.2. The van der Waals surface area contributed by atoms with Gasteiger partial charge in [0.15, 0.2) is 0 Å². The summed E-state index contributed by atoms with van der Waals surface area (Å²) < 4.78 is 0. The summed E-state index contributed by atoms with van der Waals surface area (Å²) >= 11 is 0. The number of hydrogen-bond donors (Lipinski definition) is 3. The lowest BCUT2D eigenvalue weighted by atomic mass is 10.1. The molecule has 1 aromatic carbocycles. The van der Waals surface area contributed by atoms with Crippen molar-refractivity contribution in [3.8, 4) is 12.3 Å². The summed E-state index contributed by atoms with van der Waals surface area (Å²) in [4.78, 5) is 37.6. The van der Waals surface area contributed by atoms with Gasteiger partial charge in [0.1, 0.15) is 0 Å². The van der Waals surface area contributed by atoms with Crippen LogP contribution in [-0.2, 0) is 9.59 Å². The van der Waals surface area contributed by atoms with Crippen LogP contribution in [0.25, 0.3) is 0 Å². The Bertz CT molecular complexity index is 675. The Balaban J connectivity index is 1.82. The Morgan fingerprint density at radius 2 is 1.80 bits per heavy atom. The number of benzene rings is 1. The lowest BCUT2D eigenvalue weighted by molar-refractivity contribution is -0.131. The first-order valence-corrected chi connectivity index (χ1v) is 8.21. The van der Waals surface area contributed by atoms with Crippen molar-refractivity contribution in [2.75, 3.05) is 38.0 Å². The molecule has 7 nitrogen and oxygen atoms in total. The number of terminal acetylenes is 1. The van der Waals surface area contributed by atoms with Gasteiger partial charge < -0.3 is 20.9 Å². The Morgan fingerprint density at radius 3 is 2.52 bits per heavy atom. The number of likely N-dealkylation sites (tertiary alicyclic amines) is 1. The third kappa shape index (κ3) is 5.53. The highest BCUT2D eigenvalue weighted by Crippen LogP contribution is 2.14. The number of amides is 3. The third-order valence-electron chi connectivity index (χ3n) is 3.86. The number of hydrogen-bond acceptors (Lipinski definition) is 4. The van der Waals surface area contributed by atoms with Crippen LogP contribution in [-0.4, -0.2) is 55.3 Å². The number of rotatable bonds is 7. The van der Waals surface area contributed by atoms with Crippen molar-refractivity contribution >= 4 is 23.4 Å². The summed E-state index contributed by atoms with van der Waals surface area (Å²) in [5.41, 5.74) is 0.928. The van der Waals surface area contributed by atoms with Crippen molar-refractivity contribution < 1.29 is 14.4 Å². The van der Waals surface area contributed by atoms with Crippen LogP contribution < -0.4 is 16.0 Å². The normalized spacial score (nSPS) is 13.0. The van der Waals surface area contributed by atoms with E-state index in [9.17, 15) is 14.4 Å². The van der Waals surface area contributed by atoms with Gasteiger partial charge in [0.2, 0.25) is 11.8 Å². The molecule has 0 unspecified atom stereocenters. The lowest BCUT2D eigenvalue weighted by Gasteiger charge is -2.16. The van der Waals surface area contributed by atoms with E-state index in [0.29, 0.717) is 11.3 Å². The van der Waals surface area contributed by atoms with Gasteiger partial charge >= 0.3 is 0 Å². The van der Waals surface area contributed by atoms with E-state index in [1.165, 1.54) is 0 Å². The minimum Gasteiger partial charge on any atom is -0.376 e. The maximum absolute atomic E-state index is 12.0. The zero-order valence-corrected chi connectivity index (χ0v) is 14.0. The molecule has 1 aliphatic heterocycles. The van der Waals surface area contributed by atoms with E-state index in [4.69, 9.17) is 6.42 Å². The number of nitrogens with one attached hydrogen (secondary N) is 3. The molecule has 1 heterocycles. The summed E-state index contributed by atoms with van der Waals surface area (Å²) in [5.74, 6) is 1.64. The fraction of sp³-hybridized carbons (Fsp3) is 0.389. The summed E-state index contributed by atoms with van der Waals surface area (Å²) in [7, 11) is 0. The average molecular weight is 342 g/mol. The lowest BCUT2D eigenvalue weighted by Crippen LogP contribution is -2.40. The van der Waals surface area contributed by atoms with E-state index in [-0.39, 0.29) is 37.4 Å². The van der Waals surface area contributed by atoms with E-state index in [2.05, 4.69) is 21.9 Å². The molecule has 0 aliphatic carbocycles. The van der Waals surface area contributed by atoms with Crippen LogP contribution in [0.15, 0.2) is 24.3 Å². The molecule has 0 radical (unpaired) electrons. The number of para-hydroxylation sites is 1. The second kappa shape index (κ2) is 9.33. The maximum atomic E-state index is 12.0. The van der Waals surface area contributed by atoms with Gasteiger partial charge in [-0.2, -0.15) is 0 Å². The fourth-order valence-electron chi connectivity index (χ4n) is 2.55. The zero-order valence-electron chi connectivity index (χ0n) is 14.0. The monoisotopic (exact) mass is 342 g/mol. The van der Waals surface area contributed by atoms with Crippen molar-refractivity contribution in [1.82, 2.24) is 15.5 Å². The molecule has 1 aromatic rings. The Kier molecular flexibility index (Phi) is 6.84. The van der Waals surface area contributed by atoms with E-state index < -0.39 is 0 Å². The topological polar surface area (TPSA) is 90.5 Å². The predicted molar refractivity (Wildman–Crippen MR) is 94.9 cm³/mol. The standard InChI is InChI=1S/C18H22N4O3/c1-2-9-19-18(25)14-7-3-4-8-15(14)20-12-16(23)21-13-17(24)22-10-5-6-11-22/h1,3-4,7-8,20H,5-6,9-13H2,(H,19,25)(H,21,23). The summed E-state index contributed by atoms with van der Waals surface area (Å²) in [5, 5.41) is 8.09. The van der Waals surface area contributed by atoms with E-state index in [0.717, 1.165) is 25.9 Å². The van der Waals surface area contributed by atoms with Gasteiger partial charge in [-0.3, -0.25) is 14.4 Å². The van der Waals surface area contributed by atoms with Crippen molar-refractivity contribution in [3.05, 3.63) is 29.8 Å². The largest absolute Gasteiger partial charge is 0.376 e. The van der Waals surface area contributed by atoms with Crippen molar-refractivity contribution in [1.29, 1.82) is 0 Å². The van der Waals surface area contributed by atoms with Gasteiger partial charge in [0, 0.05) is 18.8 Å². The summed E-state index contributed by atoms with van der Waals surface area (Å²) in [6.45, 7) is 1.60. The first-order chi connectivity index (χ1) is 12.1. The molecule has 2 rings (SSSR count). The maximum Gasteiger partial charge on any atom is 0.254 e. The molecule has 1 saturated heterocycles. The molecule has 25 heavy (non-hydrogen) atoms. The highest BCUT2D eigenvalue weighted by Gasteiger charge is 2.18. The summed E-state index contributed by atoms with van der Waals surface area (Å²) in [6.07, 6.45) is 7.16. The number of anilines is 1. The molecule has 0 aromatic heterocycles. The third-order valence-corrected chi connectivity index (χ3v) is 3.86. The van der Waals surface area contributed by atoms with Gasteiger partial charge in [-0.05, 0) is 25.0 Å². The smallest absolute Gasteiger partial charge is 0.254 e. The Hall–Kier alpha value is -3.01. The minimum atomic E-state index is -0.314. The Labute approximate surface area is 147 Å². The highest BCUT2D eigenvalue weighted by molar-refractivity contribution is 6.00. The van der Waals surface area contributed by atoms with Gasteiger partial charge in [0.05, 0.1) is 25.2 Å². The second-order valence-corrected chi connectivity index (χ2v) is 5.65. The van der Waals surface area contributed by atoms with Crippen molar-refractivity contribution in [2.24, 2.45) is 0 Å². The van der Waals surface area contributed by atoms with Crippen LogP contribution in [0.2, 0.25) is 0 Å². The minimum absolute atomic E-state index is 0.00911. The van der Waals surface area contributed by atoms with E-state index in [1.54, 1.807) is 29.2 Å². The van der Waals surface area contributed by atoms with Crippen LogP contribution in [0.3, 0.4) is 0 Å². The van der Waals surface area contributed by atoms with Crippen molar-refractivity contribution in [2.45, 2.75) is 12.8 Å². The fourth-order valence-corrected chi connectivity index (χ4v) is 2.55. The molecule has 0 spiro atoms. The molecule has 0 saturated carbocycles. The van der Waals surface area contributed by atoms with Crippen molar-refractivity contribution in [3.63, 3.8) is 0 Å². The molecule has 3 N–H and O–H groups in total. The SMILES string of the molecule is C#CCNC(=O)c1ccccc1NCC(=O)NCC(=O)N1CCCC1. The molecular weight excluding hydrogens is 320 g/mol. The Morgan fingerprint density at radius 1 is 1.08 bits per heavy atom. The van der Waals surface area contributed by atoms with Gasteiger partial charge in [-0.1, -0.05) is 18.1 Å². The molecular formula is C18H22N4O3. The van der Waals surface area contributed by atoms with Gasteiger partial charge in [-0.15, -0.1) is 6.42 Å². The second-order valence-electron chi connectivity index (χ2n) is 5.65. The van der Waals surface area contributed by atoms with E-state index in [1.807, 2.05) is 0 Å². The average Bonchev–Trinajstić information content (AvgIpc) is 3.17. The first kappa shape index (κ1) is 18.3. The number of carbonyl (C=O) groups excluding carboxylic acids is 3. The quantitative estimate of drug-likeness (QED) is 0.618. The van der Waals surface area contributed by atoms with Crippen LogP contribution in [0.1, 0.15) is 23.2 Å². The van der Waals surface area contributed by atoms with Crippen LogP contribution in [0.5, 0.6) is 0 Å². The first-order valence-electron chi connectivity index (χ1n) is 8.21. The molecule has 0 atom stereocenters. The van der Waals surface area contributed by atoms with Crippen LogP contribution in [0.4, 0.5) is 5.69 Å². The summed E-state index contributed by atoms with van der Waals surface area (Å²) in [6, 6.07) is 6.83. The molecule has 3 amide bonds. The van der Waals surface area contributed by atoms with Gasteiger partial charge in [-0.25, -0.2) is 0 Å². The van der Waals surface area contributed by atoms with Gasteiger partial charge in [0.25, 0.3) is 5.91 Å². The van der Waals surface area contributed by atoms with Crippen LogP contribution >= 0.6 is 0 Å². The zero-order chi connectivity index (χ0) is 18.1. The molecule has 1 fully saturated rings. The predicted octanol–water partition coefficient (Wildman–Crippen LogP) is 0.200. The van der Waals surface area contributed by atoms with E-state index >= 15 is 0 Å².